The SMILES string of the molecule is COc1cccc(OCc2cc(N)cc(Br)c2)c1. The summed E-state index contributed by atoms with van der Waals surface area (Å²) in [5.41, 5.74) is 7.50. The number of anilines is 1. The van der Waals surface area contributed by atoms with E-state index in [-0.39, 0.29) is 0 Å². The van der Waals surface area contributed by atoms with Gasteiger partial charge in [0.05, 0.1) is 7.11 Å². The van der Waals surface area contributed by atoms with E-state index in [1.165, 1.54) is 0 Å². The first-order valence-electron chi connectivity index (χ1n) is 5.49. The van der Waals surface area contributed by atoms with E-state index in [1.807, 2.05) is 42.5 Å². The van der Waals surface area contributed by atoms with E-state index in [9.17, 15) is 0 Å². The lowest BCUT2D eigenvalue weighted by Gasteiger charge is -2.08. The summed E-state index contributed by atoms with van der Waals surface area (Å²) in [6, 6.07) is 13.2. The fraction of sp³-hybridized carbons (Fsp3) is 0.143. The zero-order valence-corrected chi connectivity index (χ0v) is 11.6. The van der Waals surface area contributed by atoms with Gasteiger partial charge in [-0.25, -0.2) is 0 Å². The quantitative estimate of drug-likeness (QED) is 0.877. The molecule has 0 bridgehead atoms. The van der Waals surface area contributed by atoms with Gasteiger partial charge in [0.2, 0.25) is 0 Å². The highest BCUT2D eigenvalue weighted by Gasteiger charge is 2.00. The summed E-state index contributed by atoms with van der Waals surface area (Å²) in [4.78, 5) is 0. The lowest BCUT2D eigenvalue weighted by atomic mass is 10.2. The molecule has 94 valence electrons. The predicted octanol–water partition coefficient (Wildman–Crippen LogP) is 3.62. The number of hydrogen-bond donors (Lipinski definition) is 1. The van der Waals surface area contributed by atoms with Crippen molar-refractivity contribution in [3.05, 3.63) is 52.5 Å². The lowest BCUT2D eigenvalue weighted by Crippen LogP contribution is -1.97. The molecule has 3 nitrogen and oxygen atoms in total. The molecule has 0 atom stereocenters. The molecule has 4 heteroatoms. The molecule has 0 aliphatic rings. The van der Waals surface area contributed by atoms with Crippen LogP contribution in [0.4, 0.5) is 5.69 Å². The minimum absolute atomic E-state index is 0.469. The Morgan fingerprint density at radius 1 is 1.11 bits per heavy atom. The summed E-state index contributed by atoms with van der Waals surface area (Å²) in [6.07, 6.45) is 0. The molecule has 0 aromatic heterocycles. The molecule has 0 fully saturated rings. The number of ether oxygens (including phenoxy) is 2. The third-order valence-electron chi connectivity index (χ3n) is 2.43. The molecule has 0 amide bonds. The molecule has 0 heterocycles. The van der Waals surface area contributed by atoms with Crippen LogP contribution >= 0.6 is 15.9 Å². The van der Waals surface area contributed by atoms with E-state index in [4.69, 9.17) is 15.2 Å². The average Bonchev–Trinajstić information content (AvgIpc) is 2.35. The van der Waals surface area contributed by atoms with E-state index in [1.54, 1.807) is 7.11 Å². The van der Waals surface area contributed by atoms with Gasteiger partial charge in [0.15, 0.2) is 0 Å². The van der Waals surface area contributed by atoms with Crippen LogP contribution < -0.4 is 15.2 Å². The van der Waals surface area contributed by atoms with Gasteiger partial charge in [-0.1, -0.05) is 22.0 Å². The summed E-state index contributed by atoms with van der Waals surface area (Å²) in [7, 11) is 1.63. The molecule has 0 radical (unpaired) electrons. The normalized spacial score (nSPS) is 10.1. The maximum Gasteiger partial charge on any atom is 0.123 e. The molecule has 0 saturated heterocycles. The Balaban J connectivity index is 2.06. The Morgan fingerprint density at radius 2 is 1.89 bits per heavy atom. The maximum absolute atomic E-state index is 5.77. The predicted molar refractivity (Wildman–Crippen MR) is 75.9 cm³/mol. The first-order chi connectivity index (χ1) is 8.67. The van der Waals surface area contributed by atoms with Crippen molar-refractivity contribution in [2.45, 2.75) is 6.61 Å². The standard InChI is InChI=1S/C14H14BrNO2/c1-17-13-3-2-4-14(8-13)18-9-10-5-11(15)7-12(16)6-10/h2-8H,9,16H2,1H3. The van der Waals surface area contributed by atoms with Gasteiger partial charge in [-0.15, -0.1) is 0 Å². The number of rotatable bonds is 4. The van der Waals surface area contributed by atoms with Crippen LogP contribution in [0.1, 0.15) is 5.56 Å². The molecular weight excluding hydrogens is 294 g/mol. The number of nitrogen functional groups attached to an aromatic ring is 1. The number of halogens is 1. The third kappa shape index (κ3) is 3.40. The number of methoxy groups -OCH3 is 1. The molecule has 2 aromatic carbocycles. The van der Waals surface area contributed by atoms with Gasteiger partial charge >= 0.3 is 0 Å². The zero-order chi connectivity index (χ0) is 13.0. The Labute approximate surface area is 115 Å². The van der Waals surface area contributed by atoms with E-state index in [0.717, 1.165) is 21.5 Å². The fourth-order valence-corrected chi connectivity index (χ4v) is 2.17. The summed E-state index contributed by atoms with van der Waals surface area (Å²) in [5.74, 6) is 1.55. The molecule has 0 aliphatic heterocycles. The summed E-state index contributed by atoms with van der Waals surface area (Å²) in [6.45, 7) is 0.469. The second-order valence-electron chi connectivity index (χ2n) is 3.86. The Kier molecular flexibility index (Phi) is 4.10. The molecule has 2 N–H and O–H groups in total. The molecule has 0 spiro atoms. The lowest BCUT2D eigenvalue weighted by molar-refractivity contribution is 0.303. The summed E-state index contributed by atoms with van der Waals surface area (Å²) < 4.78 is 11.8. The molecular formula is C14H14BrNO2. The van der Waals surface area contributed by atoms with Crippen molar-refractivity contribution in [1.29, 1.82) is 0 Å². The van der Waals surface area contributed by atoms with Crippen molar-refractivity contribution in [3.63, 3.8) is 0 Å². The van der Waals surface area contributed by atoms with E-state index < -0.39 is 0 Å². The average molecular weight is 308 g/mol. The largest absolute Gasteiger partial charge is 0.497 e. The monoisotopic (exact) mass is 307 g/mol. The van der Waals surface area contributed by atoms with Crippen molar-refractivity contribution in [2.24, 2.45) is 0 Å². The molecule has 0 unspecified atom stereocenters. The van der Waals surface area contributed by atoms with E-state index >= 15 is 0 Å². The van der Waals surface area contributed by atoms with Crippen LogP contribution in [0.5, 0.6) is 11.5 Å². The Bertz CT molecular complexity index is 523. The highest BCUT2D eigenvalue weighted by atomic mass is 79.9. The topological polar surface area (TPSA) is 44.5 Å². The number of benzene rings is 2. The maximum atomic E-state index is 5.77. The van der Waals surface area contributed by atoms with Crippen LogP contribution in [0, 0.1) is 0 Å². The second-order valence-corrected chi connectivity index (χ2v) is 4.78. The van der Waals surface area contributed by atoms with Gasteiger partial charge in [0.25, 0.3) is 0 Å². The van der Waals surface area contributed by atoms with Gasteiger partial charge < -0.3 is 15.2 Å². The van der Waals surface area contributed by atoms with Crippen LogP contribution in [-0.2, 0) is 6.61 Å². The van der Waals surface area contributed by atoms with E-state index in [0.29, 0.717) is 12.3 Å². The Morgan fingerprint density at radius 3 is 2.61 bits per heavy atom. The fourth-order valence-electron chi connectivity index (χ4n) is 1.62. The molecule has 2 aromatic rings. The van der Waals surface area contributed by atoms with Gasteiger partial charge in [-0.2, -0.15) is 0 Å². The van der Waals surface area contributed by atoms with Crippen molar-refractivity contribution >= 4 is 21.6 Å². The molecule has 0 saturated carbocycles. The summed E-state index contributed by atoms with van der Waals surface area (Å²) >= 11 is 3.41. The molecule has 0 aliphatic carbocycles. The van der Waals surface area contributed by atoms with Crippen LogP contribution in [0.2, 0.25) is 0 Å². The van der Waals surface area contributed by atoms with Gasteiger partial charge in [0, 0.05) is 16.2 Å². The molecule has 2 rings (SSSR count). The highest BCUT2D eigenvalue weighted by Crippen LogP contribution is 2.22. The van der Waals surface area contributed by atoms with Crippen LogP contribution in [0.25, 0.3) is 0 Å². The van der Waals surface area contributed by atoms with Crippen LogP contribution in [0.3, 0.4) is 0 Å². The van der Waals surface area contributed by atoms with E-state index in [2.05, 4.69) is 15.9 Å². The minimum Gasteiger partial charge on any atom is -0.497 e. The first kappa shape index (κ1) is 12.8. The van der Waals surface area contributed by atoms with Crippen molar-refractivity contribution < 1.29 is 9.47 Å². The number of hydrogen-bond acceptors (Lipinski definition) is 3. The summed E-state index contributed by atoms with van der Waals surface area (Å²) in [5, 5.41) is 0. The van der Waals surface area contributed by atoms with Crippen molar-refractivity contribution in [3.8, 4) is 11.5 Å². The van der Waals surface area contributed by atoms with Crippen LogP contribution in [0.15, 0.2) is 46.9 Å². The number of nitrogens with two attached hydrogens (primary N) is 1. The minimum atomic E-state index is 0.469. The highest BCUT2D eigenvalue weighted by molar-refractivity contribution is 9.10. The smallest absolute Gasteiger partial charge is 0.123 e. The third-order valence-corrected chi connectivity index (χ3v) is 2.88. The Hall–Kier alpha value is -1.68. The van der Waals surface area contributed by atoms with Gasteiger partial charge in [0.1, 0.15) is 18.1 Å². The van der Waals surface area contributed by atoms with Crippen molar-refractivity contribution in [1.82, 2.24) is 0 Å². The first-order valence-corrected chi connectivity index (χ1v) is 6.28. The van der Waals surface area contributed by atoms with Gasteiger partial charge in [-0.3, -0.25) is 0 Å². The molecule has 18 heavy (non-hydrogen) atoms. The van der Waals surface area contributed by atoms with Crippen molar-refractivity contribution in [2.75, 3.05) is 12.8 Å². The van der Waals surface area contributed by atoms with Crippen LogP contribution in [-0.4, -0.2) is 7.11 Å². The van der Waals surface area contributed by atoms with Gasteiger partial charge in [-0.05, 0) is 35.9 Å². The second kappa shape index (κ2) is 5.78. The zero-order valence-electron chi connectivity index (χ0n) is 10.0.